The molecule has 0 bridgehead atoms. The molecule has 0 aromatic carbocycles. The third-order valence-corrected chi connectivity index (χ3v) is 14.3. The number of rotatable bonds is 54. The summed E-state index contributed by atoms with van der Waals surface area (Å²) >= 11 is 0. The van der Waals surface area contributed by atoms with Crippen molar-refractivity contribution in [3.63, 3.8) is 0 Å². The molecule has 398 valence electrons. The van der Waals surface area contributed by atoms with Crippen molar-refractivity contribution in [2.45, 2.75) is 343 Å². The van der Waals surface area contributed by atoms with Crippen LogP contribution in [0, 0.1) is 17.8 Å². The smallest absolute Gasteiger partial charge is 0.306 e. The Kier molecular flexibility index (Phi) is 51.0. The Morgan fingerprint density at radius 1 is 0.299 bits per heavy atom. The molecule has 0 spiro atoms. The van der Waals surface area contributed by atoms with Crippen LogP contribution in [-0.2, 0) is 28.6 Å². The average molecular weight is 948 g/mol. The summed E-state index contributed by atoms with van der Waals surface area (Å²) in [7, 11) is 0. The fourth-order valence-electron chi connectivity index (χ4n) is 9.32. The molecule has 0 fully saturated rings. The van der Waals surface area contributed by atoms with Gasteiger partial charge in [0.2, 0.25) is 0 Å². The van der Waals surface area contributed by atoms with Crippen molar-refractivity contribution in [1.82, 2.24) is 0 Å². The maximum atomic E-state index is 12.8. The summed E-state index contributed by atoms with van der Waals surface area (Å²) in [5, 5.41) is 0. The molecule has 0 saturated heterocycles. The second-order valence-corrected chi connectivity index (χ2v) is 22.2. The second-order valence-electron chi connectivity index (χ2n) is 22.2. The van der Waals surface area contributed by atoms with E-state index in [2.05, 4.69) is 41.5 Å². The largest absolute Gasteiger partial charge is 0.462 e. The second kappa shape index (κ2) is 52.2. The molecule has 1 unspecified atom stereocenters. The van der Waals surface area contributed by atoms with Crippen LogP contribution >= 0.6 is 0 Å². The first-order valence-corrected chi connectivity index (χ1v) is 30.1. The number of carbonyl (C=O) groups excluding carboxylic acids is 3. The number of carbonyl (C=O) groups is 3. The van der Waals surface area contributed by atoms with Gasteiger partial charge < -0.3 is 14.2 Å². The van der Waals surface area contributed by atoms with Crippen LogP contribution in [0.2, 0.25) is 0 Å². The van der Waals surface area contributed by atoms with Crippen LogP contribution in [0.15, 0.2) is 0 Å². The summed E-state index contributed by atoms with van der Waals surface area (Å²) in [6.07, 6.45) is 55.4. The van der Waals surface area contributed by atoms with Crippen molar-refractivity contribution in [3.05, 3.63) is 0 Å². The van der Waals surface area contributed by atoms with Gasteiger partial charge in [0.05, 0.1) is 0 Å². The van der Waals surface area contributed by atoms with Crippen LogP contribution in [0.1, 0.15) is 337 Å². The van der Waals surface area contributed by atoms with Crippen LogP contribution in [-0.4, -0.2) is 37.2 Å². The molecule has 6 heteroatoms. The highest BCUT2D eigenvalue weighted by atomic mass is 16.6. The van der Waals surface area contributed by atoms with Gasteiger partial charge in [-0.3, -0.25) is 14.4 Å². The maximum Gasteiger partial charge on any atom is 0.306 e. The topological polar surface area (TPSA) is 78.9 Å². The third-order valence-electron chi connectivity index (χ3n) is 14.3. The third kappa shape index (κ3) is 53.6. The summed E-state index contributed by atoms with van der Waals surface area (Å²) in [6, 6.07) is 0. The van der Waals surface area contributed by atoms with E-state index in [1.165, 1.54) is 218 Å². The van der Waals surface area contributed by atoms with Crippen LogP contribution in [0.5, 0.6) is 0 Å². The molecule has 0 aliphatic carbocycles. The van der Waals surface area contributed by atoms with E-state index in [1.54, 1.807) is 0 Å². The summed E-state index contributed by atoms with van der Waals surface area (Å²) in [6.45, 7) is 13.8. The summed E-state index contributed by atoms with van der Waals surface area (Å²) in [5.41, 5.74) is 0. The Morgan fingerprint density at radius 3 is 0.776 bits per heavy atom. The molecule has 2 atom stereocenters. The lowest BCUT2D eigenvalue weighted by atomic mass is 9.99. The lowest BCUT2D eigenvalue weighted by Gasteiger charge is -2.18. The number of hydrogen-bond acceptors (Lipinski definition) is 6. The molecule has 0 N–H and O–H groups in total. The SMILES string of the molecule is CCC(C)CCCCCCCCCCCCCCCCC(=O)OC[C@@H](COC(=O)CCCCCCCCCCCCCCCCCCCCC(C)C)OC(=O)CCCCCCCCCC(C)C. The van der Waals surface area contributed by atoms with Gasteiger partial charge in [0.25, 0.3) is 0 Å². The molecule has 0 heterocycles. The van der Waals surface area contributed by atoms with Gasteiger partial charge in [-0.1, -0.05) is 298 Å². The summed E-state index contributed by atoms with van der Waals surface area (Å²) in [5.74, 6) is 1.69. The zero-order valence-corrected chi connectivity index (χ0v) is 46.2. The van der Waals surface area contributed by atoms with Crippen LogP contribution in [0.25, 0.3) is 0 Å². The van der Waals surface area contributed by atoms with Gasteiger partial charge in [-0.2, -0.15) is 0 Å². The van der Waals surface area contributed by atoms with E-state index < -0.39 is 6.10 Å². The van der Waals surface area contributed by atoms with Crippen LogP contribution in [0.3, 0.4) is 0 Å². The number of unbranched alkanes of at least 4 members (excludes halogenated alkanes) is 36. The van der Waals surface area contributed by atoms with E-state index in [-0.39, 0.29) is 31.1 Å². The average Bonchev–Trinajstić information content (AvgIpc) is 3.30. The predicted molar refractivity (Wildman–Crippen MR) is 289 cm³/mol. The summed E-state index contributed by atoms with van der Waals surface area (Å²) < 4.78 is 16.9. The van der Waals surface area contributed by atoms with Crippen molar-refractivity contribution in [1.29, 1.82) is 0 Å². The number of esters is 3. The zero-order valence-electron chi connectivity index (χ0n) is 46.2. The summed E-state index contributed by atoms with van der Waals surface area (Å²) in [4.78, 5) is 38.1. The quantitative estimate of drug-likeness (QED) is 0.0343. The lowest BCUT2D eigenvalue weighted by molar-refractivity contribution is -0.167. The Balaban J connectivity index is 4.19. The highest BCUT2D eigenvalue weighted by molar-refractivity contribution is 5.71. The molecule has 0 aliphatic heterocycles. The van der Waals surface area contributed by atoms with E-state index in [9.17, 15) is 14.4 Å². The van der Waals surface area contributed by atoms with Crippen molar-refractivity contribution >= 4 is 17.9 Å². The van der Waals surface area contributed by atoms with E-state index in [0.717, 1.165) is 75.5 Å². The predicted octanol–water partition coefficient (Wildman–Crippen LogP) is 19.9. The highest BCUT2D eigenvalue weighted by Crippen LogP contribution is 2.19. The maximum absolute atomic E-state index is 12.8. The van der Waals surface area contributed by atoms with Gasteiger partial charge >= 0.3 is 17.9 Å². The highest BCUT2D eigenvalue weighted by Gasteiger charge is 2.19. The molecule has 0 aliphatic rings. The Hall–Kier alpha value is -1.59. The van der Waals surface area contributed by atoms with Crippen molar-refractivity contribution in [2.24, 2.45) is 17.8 Å². The molecule has 6 nitrogen and oxygen atoms in total. The van der Waals surface area contributed by atoms with Gasteiger partial charge in [0.15, 0.2) is 6.10 Å². The molecule has 0 rings (SSSR count). The van der Waals surface area contributed by atoms with E-state index in [1.807, 2.05) is 0 Å². The van der Waals surface area contributed by atoms with Crippen LogP contribution in [0.4, 0.5) is 0 Å². The molecule has 0 amide bonds. The van der Waals surface area contributed by atoms with Gasteiger partial charge in [-0.15, -0.1) is 0 Å². The molecule has 0 aromatic heterocycles. The molecular weight excluding hydrogens is 829 g/mol. The number of ether oxygens (including phenoxy) is 3. The first kappa shape index (κ1) is 65.4. The Labute approximate surface area is 418 Å². The lowest BCUT2D eigenvalue weighted by Crippen LogP contribution is -2.30. The van der Waals surface area contributed by atoms with Gasteiger partial charge in [-0.05, 0) is 37.0 Å². The molecule has 0 radical (unpaired) electrons. The molecule has 67 heavy (non-hydrogen) atoms. The first-order valence-electron chi connectivity index (χ1n) is 30.1. The molecule has 0 aromatic rings. The van der Waals surface area contributed by atoms with Gasteiger partial charge in [0.1, 0.15) is 13.2 Å². The van der Waals surface area contributed by atoms with E-state index in [0.29, 0.717) is 19.3 Å². The molecule has 0 saturated carbocycles. The van der Waals surface area contributed by atoms with Crippen molar-refractivity contribution in [3.8, 4) is 0 Å². The molecular formula is C61H118O6. The van der Waals surface area contributed by atoms with E-state index in [4.69, 9.17) is 14.2 Å². The van der Waals surface area contributed by atoms with Crippen LogP contribution < -0.4 is 0 Å². The first-order chi connectivity index (χ1) is 32.6. The minimum atomic E-state index is -0.764. The Bertz CT molecular complexity index is 1040. The number of hydrogen-bond donors (Lipinski definition) is 0. The van der Waals surface area contributed by atoms with Gasteiger partial charge in [-0.25, -0.2) is 0 Å². The standard InChI is InChI=1S/C61H118O6/c1-7-57(6)49-43-37-31-25-21-17-14-15-19-23-27-33-39-45-51-60(63)66-54-58(67-61(64)52-46-40-34-28-30-36-42-48-56(4)5)53-65-59(62)50-44-38-32-26-22-18-13-11-9-8-10-12-16-20-24-29-35-41-47-55(2)3/h55-58H,7-54H2,1-6H3/t57?,58-/m1/s1. The minimum absolute atomic E-state index is 0.0641. The minimum Gasteiger partial charge on any atom is -0.462 e. The van der Waals surface area contributed by atoms with Gasteiger partial charge in [0, 0.05) is 19.3 Å². The van der Waals surface area contributed by atoms with Crippen molar-refractivity contribution < 1.29 is 28.6 Å². The van der Waals surface area contributed by atoms with E-state index >= 15 is 0 Å². The fraction of sp³-hybridized carbons (Fsp3) is 0.951. The van der Waals surface area contributed by atoms with Crippen molar-refractivity contribution in [2.75, 3.05) is 13.2 Å². The normalized spacial score (nSPS) is 12.5. The monoisotopic (exact) mass is 947 g/mol. The fourth-order valence-corrected chi connectivity index (χ4v) is 9.32. The Morgan fingerprint density at radius 2 is 0.522 bits per heavy atom. The zero-order chi connectivity index (χ0) is 49.1.